The highest BCUT2D eigenvalue weighted by Gasteiger charge is 2.21. The molecule has 1 atom stereocenters. The fraction of sp³-hybridized carbons (Fsp3) is 0.303. The lowest BCUT2D eigenvalue weighted by Crippen LogP contribution is -2.32. The third-order valence-electron chi connectivity index (χ3n) is 7.75. The number of phenols is 1. The number of amides is 2. The van der Waals surface area contributed by atoms with Crippen LogP contribution in [0.1, 0.15) is 35.1 Å². The van der Waals surface area contributed by atoms with Crippen LogP contribution in [0.5, 0.6) is 11.5 Å². The predicted molar refractivity (Wildman–Crippen MR) is 169 cm³/mol. The van der Waals surface area contributed by atoms with Crippen molar-refractivity contribution in [2.24, 2.45) is 0 Å². The summed E-state index contributed by atoms with van der Waals surface area (Å²) >= 11 is 1.72. The molecule has 11 heteroatoms. The van der Waals surface area contributed by atoms with Crippen LogP contribution in [0.4, 0.5) is 4.79 Å². The molecule has 0 radical (unpaired) electrons. The van der Waals surface area contributed by atoms with Gasteiger partial charge in [0.25, 0.3) is 0 Å². The number of hydrogen-bond donors (Lipinski definition) is 5. The molecule has 2 aliphatic heterocycles. The summed E-state index contributed by atoms with van der Waals surface area (Å²) in [5, 5.41) is 31.7. The van der Waals surface area contributed by atoms with Gasteiger partial charge in [0.1, 0.15) is 18.1 Å². The third kappa shape index (κ3) is 7.66. The summed E-state index contributed by atoms with van der Waals surface area (Å²) in [5.41, 5.74) is 6.48. The Labute approximate surface area is 258 Å². The molecule has 1 unspecified atom stereocenters. The van der Waals surface area contributed by atoms with Crippen LogP contribution in [0.2, 0.25) is 0 Å². The summed E-state index contributed by atoms with van der Waals surface area (Å²) in [6.45, 7) is 6.68. The van der Waals surface area contributed by atoms with Crippen LogP contribution in [0.3, 0.4) is 0 Å². The van der Waals surface area contributed by atoms with Crippen LogP contribution in [0, 0.1) is 6.92 Å². The van der Waals surface area contributed by atoms with Gasteiger partial charge in [-0.3, -0.25) is 4.90 Å². The first-order chi connectivity index (χ1) is 21.2. The highest BCUT2D eigenvalue weighted by molar-refractivity contribution is 7.22. The minimum absolute atomic E-state index is 0.0192. The molecule has 0 saturated carbocycles. The van der Waals surface area contributed by atoms with Crippen LogP contribution in [0.25, 0.3) is 20.5 Å². The Kier molecular flexibility index (Phi) is 9.66. The standard InChI is InChI=1S/C31H33N3O3S.C2H2O4/c1-20-14-21(4-5-23(20)18-34-12-2-3-13-34)15-28-27-11-8-25(35)16-29(27)38-30(28)22-6-9-26(10-7-22)37-19-24-17-32-31(36)33-24;3-1(4)2(5)6/h4-11,14,16,24,35H,2-3,12-13,15,17-19H2,1H3,(H2,32,33,36);(H,3,4)(H,5,6). The Morgan fingerprint density at radius 2 is 1.73 bits per heavy atom. The third-order valence-corrected chi connectivity index (χ3v) is 9.00. The van der Waals surface area contributed by atoms with Crippen molar-refractivity contribution in [3.8, 4) is 21.9 Å². The Morgan fingerprint density at radius 3 is 2.36 bits per heavy atom. The van der Waals surface area contributed by atoms with Gasteiger partial charge in [-0.15, -0.1) is 11.3 Å². The van der Waals surface area contributed by atoms with Crippen molar-refractivity contribution in [2.75, 3.05) is 26.2 Å². The summed E-state index contributed by atoms with van der Waals surface area (Å²) in [6, 6.07) is 20.6. The predicted octanol–water partition coefficient (Wildman–Crippen LogP) is 4.98. The largest absolute Gasteiger partial charge is 0.508 e. The molecule has 2 saturated heterocycles. The van der Waals surface area contributed by atoms with Crippen molar-refractivity contribution < 1.29 is 34.4 Å². The number of carboxylic acid groups (broad SMARTS) is 2. The molecule has 1 aromatic heterocycles. The quantitative estimate of drug-likeness (QED) is 0.174. The van der Waals surface area contributed by atoms with E-state index in [1.165, 1.54) is 58.4 Å². The normalized spacial score (nSPS) is 16.2. The molecule has 3 aromatic carbocycles. The van der Waals surface area contributed by atoms with Gasteiger partial charge >= 0.3 is 18.0 Å². The molecule has 0 spiro atoms. The van der Waals surface area contributed by atoms with Crippen LogP contribution < -0.4 is 15.4 Å². The topological polar surface area (TPSA) is 148 Å². The fourth-order valence-corrected chi connectivity index (χ4v) is 6.74. The number of rotatable bonds is 8. The summed E-state index contributed by atoms with van der Waals surface area (Å²) in [5.74, 6) is -2.58. The maximum absolute atomic E-state index is 11.3. The van der Waals surface area contributed by atoms with Crippen molar-refractivity contribution in [1.29, 1.82) is 0 Å². The highest BCUT2D eigenvalue weighted by atomic mass is 32.1. The zero-order valence-corrected chi connectivity index (χ0v) is 25.2. The van der Waals surface area contributed by atoms with E-state index < -0.39 is 11.9 Å². The van der Waals surface area contributed by atoms with Crippen LogP contribution in [0.15, 0.2) is 60.7 Å². The van der Waals surface area contributed by atoms with Crippen molar-refractivity contribution in [3.05, 3.63) is 82.9 Å². The zero-order valence-electron chi connectivity index (χ0n) is 24.3. The molecule has 2 fully saturated rings. The van der Waals surface area contributed by atoms with E-state index in [1.807, 2.05) is 24.3 Å². The lowest BCUT2D eigenvalue weighted by molar-refractivity contribution is -0.159. The first-order valence-corrected chi connectivity index (χ1v) is 15.3. The number of carbonyl (C=O) groups excluding carboxylic acids is 1. The molecule has 0 bridgehead atoms. The lowest BCUT2D eigenvalue weighted by Gasteiger charge is -2.17. The number of carboxylic acids is 2. The summed E-state index contributed by atoms with van der Waals surface area (Å²) in [4.78, 5) is 33.3. The van der Waals surface area contributed by atoms with E-state index in [0.717, 1.165) is 29.0 Å². The number of ether oxygens (including phenoxy) is 1. The number of thiophene rings is 1. The van der Waals surface area contributed by atoms with Gasteiger partial charge in [0, 0.05) is 22.7 Å². The van der Waals surface area contributed by atoms with Gasteiger partial charge in [-0.2, -0.15) is 0 Å². The van der Waals surface area contributed by atoms with Crippen LogP contribution in [-0.2, 0) is 22.6 Å². The van der Waals surface area contributed by atoms with Crippen molar-refractivity contribution in [1.82, 2.24) is 15.5 Å². The number of aryl methyl sites for hydroxylation is 1. The molecule has 4 aromatic rings. The van der Waals surface area contributed by atoms with Gasteiger partial charge in [-0.05, 0) is 115 Å². The minimum Gasteiger partial charge on any atom is -0.508 e. The molecule has 10 nitrogen and oxygen atoms in total. The Balaban J connectivity index is 0.000000584. The molecule has 230 valence electrons. The van der Waals surface area contributed by atoms with Crippen LogP contribution in [-0.4, -0.2) is 70.5 Å². The average molecular weight is 618 g/mol. The van der Waals surface area contributed by atoms with Gasteiger partial charge in [-0.1, -0.05) is 18.2 Å². The van der Waals surface area contributed by atoms with E-state index in [0.29, 0.717) is 13.2 Å². The fourth-order valence-electron chi connectivity index (χ4n) is 5.48. The molecule has 6 rings (SSSR count). The number of fused-ring (bicyclic) bond motifs is 1. The molecule has 5 N–H and O–H groups in total. The zero-order chi connectivity index (χ0) is 31.2. The number of benzene rings is 3. The smallest absolute Gasteiger partial charge is 0.414 e. The van der Waals surface area contributed by atoms with Gasteiger partial charge < -0.3 is 30.7 Å². The Morgan fingerprint density at radius 1 is 1.00 bits per heavy atom. The van der Waals surface area contributed by atoms with Crippen molar-refractivity contribution in [2.45, 2.75) is 38.8 Å². The number of nitrogens with zero attached hydrogens (tertiary/aromatic N) is 1. The first kappa shape index (κ1) is 30.8. The molecular formula is C33H35N3O7S. The second-order valence-electron chi connectivity index (χ2n) is 11.0. The number of likely N-dealkylation sites (tertiary alicyclic amines) is 1. The van der Waals surface area contributed by atoms with Crippen molar-refractivity contribution >= 4 is 39.4 Å². The van der Waals surface area contributed by atoms with E-state index in [1.54, 1.807) is 17.4 Å². The van der Waals surface area contributed by atoms with E-state index >= 15 is 0 Å². The van der Waals surface area contributed by atoms with E-state index in [9.17, 15) is 9.90 Å². The second kappa shape index (κ2) is 13.8. The molecule has 2 amide bonds. The molecular weight excluding hydrogens is 582 g/mol. The number of phenolic OH excluding ortho intramolecular Hbond substituents is 1. The number of hydrogen-bond acceptors (Lipinski definition) is 7. The maximum Gasteiger partial charge on any atom is 0.414 e. The van der Waals surface area contributed by atoms with Crippen molar-refractivity contribution in [3.63, 3.8) is 0 Å². The number of urea groups is 1. The monoisotopic (exact) mass is 617 g/mol. The van der Waals surface area contributed by atoms with Crippen LogP contribution >= 0.6 is 11.3 Å². The Hall–Kier alpha value is -4.61. The van der Waals surface area contributed by atoms with Gasteiger partial charge in [-0.25, -0.2) is 14.4 Å². The minimum atomic E-state index is -1.82. The van der Waals surface area contributed by atoms with E-state index in [4.69, 9.17) is 24.5 Å². The number of carbonyl (C=O) groups is 3. The maximum atomic E-state index is 11.3. The summed E-state index contributed by atoms with van der Waals surface area (Å²) in [6.07, 6.45) is 3.45. The number of aromatic hydroxyl groups is 1. The van der Waals surface area contributed by atoms with Gasteiger partial charge in [0.05, 0.1) is 6.04 Å². The van der Waals surface area contributed by atoms with Gasteiger partial charge in [0.2, 0.25) is 0 Å². The highest BCUT2D eigenvalue weighted by Crippen LogP contribution is 2.41. The van der Waals surface area contributed by atoms with E-state index in [-0.39, 0.29) is 17.8 Å². The molecule has 0 aliphatic carbocycles. The SMILES string of the molecule is Cc1cc(Cc2c(-c3ccc(OCC4CNC(=O)N4)cc3)sc3cc(O)ccc23)ccc1CN1CCCC1.O=C(O)C(=O)O. The summed E-state index contributed by atoms with van der Waals surface area (Å²) < 4.78 is 7.00. The first-order valence-electron chi connectivity index (χ1n) is 14.4. The average Bonchev–Trinajstić information content (AvgIpc) is 3.75. The number of nitrogens with one attached hydrogen (secondary N) is 2. The molecule has 3 heterocycles. The van der Waals surface area contributed by atoms with E-state index in [2.05, 4.69) is 52.8 Å². The number of aliphatic carboxylic acids is 2. The Bertz CT molecular complexity index is 1650. The lowest BCUT2D eigenvalue weighted by atomic mass is 9.96. The molecule has 44 heavy (non-hydrogen) atoms. The molecule has 2 aliphatic rings. The van der Waals surface area contributed by atoms with Gasteiger partial charge in [0.15, 0.2) is 0 Å². The second-order valence-corrected chi connectivity index (χ2v) is 12.1. The summed E-state index contributed by atoms with van der Waals surface area (Å²) in [7, 11) is 0.